The highest BCUT2D eigenvalue weighted by atomic mass is 32.2. The summed E-state index contributed by atoms with van der Waals surface area (Å²) in [5, 5.41) is 3.82. The second-order valence-electron chi connectivity index (χ2n) is 4.03. The fourth-order valence-corrected chi connectivity index (χ4v) is 3.63. The Balaban J connectivity index is 2.36. The van der Waals surface area contributed by atoms with Crippen molar-refractivity contribution in [1.82, 2.24) is 14.1 Å². The van der Waals surface area contributed by atoms with E-state index in [-0.39, 0.29) is 4.90 Å². The third-order valence-electron chi connectivity index (χ3n) is 2.82. The number of carbonyl (C=O) groups is 1. The molecule has 1 amide bonds. The molecule has 0 aliphatic carbocycles. The Morgan fingerprint density at radius 1 is 1.59 bits per heavy atom. The van der Waals surface area contributed by atoms with Crippen molar-refractivity contribution in [3.8, 4) is 0 Å². The van der Waals surface area contributed by atoms with Crippen molar-refractivity contribution in [3.05, 3.63) is 12.4 Å². The van der Waals surface area contributed by atoms with Crippen molar-refractivity contribution in [3.63, 3.8) is 0 Å². The van der Waals surface area contributed by atoms with Gasteiger partial charge in [0.05, 0.1) is 6.20 Å². The lowest BCUT2D eigenvalue weighted by Crippen LogP contribution is -2.43. The number of primary amides is 1. The zero-order chi connectivity index (χ0) is 12.6. The van der Waals surface area contributed by atoms with E-state index in [0.717, 1.165) is 4.31 Å². The van der Waals surface area contributed by atoms with E-state index in [1.54, 1.807) is 7.05 Å². The Hall–Kier alpha value is -1.41. The van der Waals surface area contributed by atoms with Crippen LogP contribution in [0.25, 0.3) is 0 Å². The lowest BCUT2D eigenvalue weighted by atomic mass is 10.2. The zero-order valence-corrected chi connectivity index (χ0v) is 10.2. The van der Waals surface area contributed by atoms with Crippen molar-refractivity contribution in [2.24, 2.45) is 12.8 Å². The van der Waals surface area contributed by atoms with Crippen molar-refractivity contribution in [2.75, 3.05) is 6.54 Å². The molecule has 0 aromatic carbocycles. The molecule has 0 spiro atoms. The molecule has 2 N–H and O–H groups in total. The first kappa shape index (κ1) is 12.1. The van der Waals surface area contributed by atoms with Crippen LogP contribution < -0.4 is 5.73 Å². The quantitative estimate of drug-likeness (QED) is 0.756. The summed E-state index contributed by atoms with van der Waals surface area (Å²) < 4.78 is 27.0. The van der Waals surface area contributed by atoms with Crippen LogP contribution in [-0.4, -0.2) is 41.0 Å². The summed E-state index contributed by atoms with van der Waals surface area (Å²) in [6.07, 6.45) is 3.80. The number of hydrogen-bond acceptors (Lipinski definition) is 4. The summed E-state index contributed by atoms with van der Waals surface area (Å²) in [6.45, 7) is 0.324. The molecule has 1 unspecified atom stereocenters. The van der Waals surface area contributed by atoms with E-state index in [1.165, 1.54) is 17.1 Å². The van der Waals surface area contributed by atoms with Gasteiger partial charge in [-0.2, -0.15) is 9.40 Å². The Morgan fingerprint density at radius 2 is 2.29 bits per heavy atom. The SMILES string of the molecule is Cn1cc(S(=O)(=O)N2CCCC2C(N)=O)cn1. The number of rotatable bonds is 3. The van der Waals surface area contributed by atoms with Crippen molar-refractivity contribution < 1.29 is 13.2 Å². The molecule has 1 aliphatic heterocycles. The Morgan fingerprint density at radius 3 is 2.82 bits per heavy atom. The van der Waals surface area contributed by atoms with Gasteiger partial charge in [0.25, 0.3) is 0 Å². The van der Waals surface area contributed by atoms with Gasteiger partial charge in [0.15, 0.2) is 0 Å². The number of carbonyl (C=O) groups excluding carboxylic acids is 1. The zero-order valence-electron chi connectivity index (χ0n) is 9.41. The standard InChI is InChI=1S/C9H14N4O3S/c1-12-6-7(5-11-12)17(15,16)13-4-2-3-8(13)9(10)14/h5-6,8H,2-4H2,1H3,(H2,10,14). The van der Waals surface area contributed by atoms with Gasteiger partial charge in [0, 0.05) is 19.8 Å². The van der Waals surface area contributed by atoms with Crippen LogP contribution in [0.15, 0.2) is 17.3 Å². The Kier molecular flexibility index (Phi) is 2.92. The minimum absolute atomic E-state index is 0.0909. The second kappa shape index (κ2) is 4.11. The number of amides is 1. The molecule has 94 valence electrons. The molecule has 1 aliphatic rings. The number of sulfonamides is 1. The smallest absolute Gasteiger partial charge is 0.246 e. The highest BCUT2D eigenvalue weighted by Crippen LogP contribution is 2.25. The molecule has 7 nitrogen and oxygen atoms in total. The second-order valence-corrected chi connectivity index (χ2v) is 5.92. The fourth-order valence-electron chi connectivity index (χ4n) is 1.98. The molecule has 2 heterocycles. The summed E-state index contributed by atoms with van der Waals surface area (Å²) in [6, 6.07) is -0.736. The normalized spacial score (nSPS) is 21.8. The van der Waals surface area contributed by atoms with Gasteiger partial charge in [-0.25, -0.2) is 8.42 Å². The number of hydrogen-bond donors (Lipinski definition) is 1. The number of nitrogens with two attached hydrogens (primary N) is 1. The average molecular weight is 258 g/mol. The van der Waals surface area contributed by atoms with Crippen molar-refractivity contribution in [1.29, 1.82) is 0 Å². The first-order valence-electron chi connectivity index (χ1n) is 5.23. The molecule has 1 aromatic rings. The molecule has 1 aromatic heterocycles. The van der Waals surface area contributed by atoms with E-state index < -0.39 is 22.0 Å². The Labute approximate surface area is 99.2 Å². The number of nitrogens with zero attached hydrogens (tertiary/aromatic N) is 3. The molecule has 1 saturated heterocycles. The molecule has 0 bridgehead atoms. The lowest BCUT2D eigenvalue weighted by Gasteiger charge is -2.20. The van der Waals surface area contributed by atoms with Crippen LogP contribution in [0.1, 0.15) is 12.8 Å². The van der Waals surface area contributed by atoms with Gasteiger partial charge in [0.1, 0.15) is 10.9 Å². The van der Waals surface area contributed by atoms with Gasteiger partial charge in [-0.3, -0.25) is 9.48 Å². The molecular weight excluding hydrogens is 244 g/mol. The minimum Gasteiger partial charge on any atom is -0.368 e. The molecule has 2 rings (SSSR count). The van der Waals surface area contributed by atoms with E-state index in [4.69, 9.17) is 5.73 Å². The Bertz CT molecular complexity index is 536. The van der Waals surface area contributed by atoms with E-state index in [9.17, 15) is 13.2 Å². The lowest BCUT2D eigenvalue weighted by molar-refractivity contribution is -0.121. The van der Waals surface area contributed by atoms with E-state index in [1.807, 2.05) is 0 Å². The van der Waals surface area contributed by atoms with Crippen molar-refractivity contribution >= 4 is 15.9 Å². The van der Waals surface area contributed by atoms with E-state index in [2.05, 4.69) is 5.10 Å². The molecule has 8 heteroatoms. The number of aryl methyl sites for hydroxylation is 1. The van der Waals surface area contributed by atoms with E-state index >= 15 is 0 Å². The predicted octanol–water partition coefficient (Wildman–Crippen LogP) is -0.941. The minimum atomic E-state index is -3.66. The van der Waals surface area contributed by atoms with Crippen LogP contribution in [-0.2, 0) is 21.9 Å². The van der Waals surface area contributed by atoms with Gasteiger partial charge in [-0.1, -0.05) is 0 Å². The summed E-state index contributed by atoms with van der Waals surface area (Å²) in [5.74, 6) is -0.602. The third kappa shape index (κ3) is 2.05. The maximum atomic E-state index is 12.2. The van der Waals surface area contributed by atoms with Gasteiger partial charge in [-0.15, -0.1) is 0 Å². The summed E-state index contributed by atoms with van der Waals surface area (Å²) in [4.78, 5) is 11.3. The highest BCUT2D eigenvalue weighted by molar-refractivity contribution is 7.89. The van der Waals surface area contributed by atoms with Gasteiger partial charge in [-0.05, 0) is 12.8 Å². The van der Waals surface area contributed by atoms with Gasteiger partial charge >= 0.3 is 0 Å². The van der Waals surface area contributed by atoms with Crippen LogP contribution >= 0.6 is 0 Å². The van der Waals surface area contributed by atoms with Crippen LogP contribution in [0.4, 0.5) is 0 Å². The molecule has 1 fully saturated rings. The van der Waals surface area contributed by atoms with Crippen LogP contribution in [0.2, 0.25) is 0 Å². The predicted molar refractivity (Wildman–Crippen MR) is 59.3 cm³/mol. The van der Waals surface area contributed by atoms with Crippen LogP contribution in [0, 0.1) is 0 Å². The van der Waals surface area contributed by atoms with Crippen LogP contribution in [0.5, 0.6) is 0 Å². The molecular formula is C9H14N4O3S. The summed E-state index contributed by atoms with van der Waals surface area (Å²) >= 11 is 0. The third-order valence-corrected chi connectivity index (χ3v) is 4.68. The summed E-state index contributed by atoms with van der Waals surface area (Å²) in [7, 11) is -2.03. The first-order valence-corrected chi connectivity index (χ1v) is 6.67. The molecule has 0 radical (unpaired) electrons. The van der Waals surface area contributed by atoms with Gasteiger partial charge in [0.2, 0.25) is 15.9 Å². The van der Waals surface area contributed by atoms with Gasteiger partial charge < -0.3 is 5.73 Å². The first-order chi connectivity index (χ1) is 7.93. The topological polar surface area (TPSA) is 98.3 Å². The monoisotopic (exact) mass is 258 g/mol. The molecule has 1 atom stereocenters. The van der Waals surface area contributed by atoms with Crippen LogP contribution in [0.3, 0.4) is 0 Å². The maximum Gasteiger partial charge on any atom is 0.246 e. The molecule has 0 saturated carbocycles. The number of aromatic nitrogens is 2. The van der Waals surface area contributed by atoms with E-state index in [0.29, 0.717) is 19.4 Å². The average Bonchev–Trinajstić information content (AvgIpc) is 2.84. The highest BCUT2D eigenvalue weighted by Gasteiger charge is 2.38. The summed E-state index contributed by atoms with van der Waals surface area (Å²) in [5.41, 5.74) is 5.20. The molecule has 17 heavy (non-hydrogen) atoms. The fraction of sp³-hybridized carbons (Fsp3) is 0.556. The largest absolute Gasteiger partial charge is 0.368 e. The van der Waals surface area contributed by atoms with Crippen molar-refractivity contribution in [2.45, 2.75) is 23.8 Å². The maximum absolute atomic E-state index is 12.2.